The molecule has 1 amide bonds. The number of aromatic nitrogens is 4. The van der Waals surface area contributed by atoms with Crippen molar-refractivity contribution in [3.05, 3.63) is 118 Å². The van der Waals surface area contributed by atoms with Crippen LogP contribution in [0.25, 0.3) is 10.9 Å². The van der Waals surface area contributed by atoms with E-state index in [0.29, 0.717) is 40.0 Å². The molecule has 8 heteroatoms. The molecule has 0 radical (unpaired) electrons. The third-order valence-electron chi connectivity index (χ3n) is 5.84. The molecule has 5 aromatic rings. The molecule has 0 saturated carbocycles. The summed E-state index contributed by atoms with van der Waals surface area (Å²) in [6, 6.07) is 16.7. The number of rotatable bonds is 7. The minimum Gasteiger partial charge on any atom is -0.360 e. The van der Waals surface area contributed by atoms with Gasteiger partial charge in [0.05, 0.1) is 17.3 Å². The van der Waals surface area contributed by atoms with Crippen molar-refractivity contribution in [1.29, 1.82) is 0 Å². The number of carbonyl (C=O) groups is 1. The Bertz CT molecular complexity index is 1510. The van der Waals surface area contributed by atoms with Gasteiger partial charge in [0, 0.05) is 59.3 Å². The Kier molecular flexibility index (Phi) is 6.33. The molecular formula is C27H23ClFN5O. The predicted molar refractivity (Wildman–Crippen MR) is 134 cm³/mol. The minimum absolute atomic E-state index is 0.0526. The summed E-state index contributed by atoms with van der Waals surface area (Å²) in [5, 5.41) is 8.43. The molecule has 35 heavy (non-hydrogen) atoms. The first-order chi connectivity index (χ1) is 16.9. The Labute approximate surface area is 206 Å². The number of carbonyl (C=O) groups excluding carboxylic acids is 1. The molecule has 0 atom stereocenters. The van der Waals surface area contributed by atoms with Gasteiger partial charge in [-0.1, -0.05) is 35.9 Å². The third kappa shape index (κ3) is 5.25. The van der Waals surface area contributed by atoms with Gasteiger partial charge in [-0.15, -0.1) is 0 Å². The second-order valence-electron chi connectivity index (χ2n) is 8.49. The second kappa shape index (κ2) is 9.72. The number of nitrogens with zero attached hydrogens (tertiary/aromatic N) is 3. The summed E-state index contributed by atoms with van der Waals surface area (Å²) in [6.45, 7) is 2.74. The fraction of sp³-hybridized carbons (Fsp3) is 0.148. The Morgan fingerprint density at radius 1 is 1.11 bits per heavy atom. The molecule has 3 heterocycles. The maximum atomic E-state index is 14.4. The summed E-state index contributed by atoms with van der Waals surface area (Å²) in [5.41, 5.74) is 5.48. The van der Waals surface area contributed by atoms with E-state index >= 15 is 0 Å². The molecule has 0 aliphatic carbocycles. The Balaban J connectivity index is 1.23. The highest BCUT2D eigenvalue weighted by molar-refractivity contribution is 6.35. The van der Waals surface area contributed by atoms with E-state index in [0.717, 1.165) is 22.5 Å². The van der Waals surface area contributed by atoms with Gasteiger partial charge >= 0.3 is 0 Å². The molecule has 0 spiro atoms. The maximum Gasteiger partial charge on any atom is 0.251 e. The number of hydrogen-bond acceptors (Lipinski definition) is 3. The third-order valence-corrected chi connectivity index (χ3v) is 6.16. The van der Waals surface area contributed by atoms with Crippen molar-refractivity contribution in [1.82, 2.24) is 25.1 Å². The zero-order valence-corrected chi connectivity index (χ0v) is 19.8. The number of H-pyrrole nitrogens is 1. The van der Waals surface area contributed by atoms with E-state index in [9.17, 15) is 9.18 Å². The van der Waals surface area contributed by atoms with Crippen LogP contribution in [0.2, 0.25) is 5.02 Å². The molecule has 2 N–H and O–H groups in total. The summed E-state index contributed by atoms with van der Waals surface area (Å²) in [6.07, 6.45) is 5.79. The Hall–Kier alpha value is -3.97. The first-order valence-corrected chi connectivity index (χ1v) is 11.6. The van der Waals surface area contributed by atoms with E-state index in [4.69, 9.17) is 11.6 Å². The molecule has 0 fully saturated rings. The first kappa shape index (κ1) is 22.8. The maximum absolute atomic E-state index is 14.4. The summed E-state index contributed by atoms with van der Waals surface area (Å²) < 4.78 is 16.3. The van der Waals surface area contributed by atoms with Crippen LogP contribution >= 0.6 is 11.6 Å². The van der Waals surface area contributed by atoms with Gasteiger partial charge in [-0.2, -0.15) is 5.10 Å². The lowest BCUT2D eigenvalue weighted by Gasteiger charge is -2.09. The normalized spacial score (nSPS) is 11.2. The summed E-state index contributed by atoms with van der Waals surface area (Å²) >= 11 is 6.13. The lowest BCUT2D eigenvalue weighted by Crippen LogP contribution is -2.23. The standard InChI is InChI=1S/C27H23ClFN5O/c1-17-7-9-34(33-17)16-19-4-2-18(3-5-19)10-22-11-20(6-8-30-22)27(35)32-14-21-12-23-24(28)15-31-26(23)13-25(21)29/h2-9,11-13,15,31H,10,14,16H2,1H3,(H,32,35). The number of aryl methyl sites for hydroxylation is 1. The molecule has 0 saturated heterocycles. The number of pyridine rings is 1. The molecule has 0 aliphatic heterocycles. The molecule has 2 aromatic carbocycles. The van der Waals surface area contributed by atoms with Gasteiger partial charge in [-0.05, 0) is 48.4 Å². The van der Waals surface area contributed by atoms with Gasteiger partial charge in [-0.25, -0.2) is 4.39 Å². The number of fused-ring (bicyclic) bond motifs is 1. The van der Waals surface area contributed by atoms with E-state index in [2.05, 4.69) is 44.6 Å². The van der Waals surface area contributed by atoms with E-state index in [1.54, 1.807) is 30.6 Å². The van der Waals surface area contributed by atoms with E-state index in [1.807, 2.05) is 23.9 Å². The number of nitrogens with one attached hydrogen (secondary N) is 2. The Morgan fingerprint density at radius 3 is 2.69 bits per heavy atom. The van der Waals surface area contributed by atoms with E-state index in [1.165, 1.54) is 6.07 Å². The molecule has 0 aliphatic rings. The van der Waals surface area contributed by atoms with Crippen molar-refractivity contribution in [3.63, 3.8) is 0 Å². The highest BCUT2D eigenvalue weighted by Crippen LogP contribution is 2.25. The summed E-state index contributed by atoms with van der Waals surface area (Å²) in [7, 11) is 0. The van der Waals surface area contributed by atoms with Gasteiger partial charge in [0.25, 0.3) is 5.91 Å². The highest BCUT2D eigenvalue weighted by atomic mass is 35.5. The summed E-state index contributed by atoms with van der Waals surface area (Å²) in [5.74, 6) is -0.698. The average molecular weight is 488 g/mol. The number of amides is 1. The van der Waals surface area contributed by atoms with Crippen molar-refractivity contribution in [3.8, 4) is 0 Å². The largest absolute Gasteiger partial charge is 0.360 e. The van der Waals surface area contributed by atoms with Crippen LogP contribution in [0.1, 0.15) is 38.4 Å². The monoisotopic (exact) mass is 487 g/mol. The van der Waals surface area contributed by atoms with Crippen molar-refractivity contribution >= 4 is 28.4 Å². The predicted octanol–water partition coefficient (Wildman–Crippen LogP) is 5.43. The fourth-order valence-electron chi connectivity index (χ4n) is 3.99. The van der Waals surface area contributed by atoms with Gasteiger partial charge in [0.15, 0.2) is 0 Å². The molecule has 6 nitrogen and oxygen atoms in total. The van der Waals surface area contributed by atoms with E-state index in [-0.39, 0.29) is 12.5 Å². The van der Waals surface area contributed by atoms with Gasteiger partial charge in [0.1, 0.15) is 5.82 Å². The quantitative estimate of drug-likeness (QED) is 0.321. The van der Waals surface area contributed by atoms with Gasteiger partial charge in [-0.3, -0.25) is 14.5 Å². The minimum atomic E-state index is -0.405. The Morgan fingerprint density at radius 2 is 1.91 bits per heavy atom. The molecule has 0 unspecified atom stereocenters. The smallest absolute Gasteiger partial charge is 0.251 e. The topological polar surface area (TPSA) is 75.6 Å². The van der Waals surface area contributed by atoms with Crippen molar-refractivity contribution in [2.45, 2.75) is 26.4 Å². The van der Waals surface area contributed by atoms with Crippen molar-refractivity contribution in [2.24, 2.45) is 0 Å². The molecule has 176 valence electrons. The molecule has 0 bridgehead atoms. The van der Waals surface area contributed by atoms with Crippen molar-refractivity contribution in [2.75, 3.05) is 0 Å². The number of benzene rings is 2. The van der Waals surface area contributed by atoms with Gasteiger partial charge < -0.3 is 10.3 Å². The molecule has 3 aromatic heterocycles. The second-order valence-corrected chi connectivity index (χ2v) is 8.90. The van der Waals surface area contributed by atoms with Gasteiger partial charge in [0.2, 0.25) is 0 Å². The fourth-order valence-corrected chi connectivity index (χ4v) is 4.20. The van der Waals surface area contributed by atoms with Crippen molar-refractivity contribution < 1.29 is 9.18 Å². The average Bonchev–Trinajstić information content (AvgIpc) is 3.43. The summed E-state index contributed by atoms with van der Waals surface area (Å²) in [4.78, 5) is 20.1. The van der Waals surface area contributed by atoms with Crippen LogP contribution in [0.5, 0.6) is 0 Å². The molecular weight excluding hydrogens is 465 g/mol. The lowest BCUT2D eigenvalue weighted by atomic mass is 10.1. The highest BCUT2D eigenvalue weighted by Gasteiger charge is 2.12. The van der Waals surface area contributed by atoms with Crippen LogP contribution in [-0.4, -0.2) is 25.7 Å². The van der Waals surface area contributed by atoms with Crippen LogP contribution in [0.4, 0.5) is 4.39 Å². The molecule has 5 rings (SSSR count). The number of hydrogen-bond donors (Lipinski definition) is 2. The van der Waals surface area contributed by atoms with Crippen LogP contribution in [-0.2, 0) is 19.5 Å². The first-order valence-electron chi connectivity index (χ1n) is 11.2. The number of aromatic amines is 1. The van der Waals surface area contributed by atoms with Crippen LogP contribution in [0.15, 0.2) is 73.2 Å². The number of halogens is 2. The van der Waals surface area contributed by atoms with Crippen LogP contribution in [0, 0.1) is 12.7 Å². The lowest BCUT2D eigenvalue weighted by molar-refractivity contribution is 0.0950. The van der Waals surface area contributed by atoms with Crippen LogP contribution < -0.4 is 5.32 Å². The SMILES string of the molecule is Cc1ccn(Cc2ccc(Cc3cc(C(=O)NCc4cc5c(Cl)c[nH]c5cc4F)ccn3)cc2)n1. The van der Waals surface area contributed by atoms with Crippen LogP contribution in [0.3, 0.4) is 0 Å². The van der Waals surface area contributed by atoms with E-state index < -0.39 is 5.82 Å². The zero-order chi connectivity index (χ0) is 24.4. The zero-order valence-electron chi connectivity index (χ0n) is 19.1.